The molecule has 0 atom stereocenters. The van der Waals surface area contributed by atoms with Crippen LogP contribution in [0.3, 0.4) is 0 Å². The van der Waals surface area contributed by atoms with Gasteiger partial charge in [-0.15, -0.1) is 0 Å². The number of rotatable bonds is 18. The maximum atomic E-state index is 10.4. The summed E-state index contributed by atoms with van der Waals surface area (Å²) in [4.78, 5) is 10.4. The molecule has 1 heterocycles. The maximum absolute atomic E-state index is 10.4. The minimum Gasteiger partial charge on any atom is -0.481 e. The normalized spacial score (nSPS) is 11.0. The van der Waals surface area contributed by atoms with Crippen molar-refractivity contribution in [2.45, 2.75) is 109 Å². The van der Waals surface area contributed by atoms with Crippen molar-refractivity contribution >= 4 is 5.97 Å². The molecule has 0 saturated heterocycles. The smallest absolute Gasteiger partial charge is 0.303 e. The molecule has 0 saturated carbocycles. The maximum Gasteiger partial charge on any atom is 0.303 e. The standard InChI is InChI=1S/C24H41NO2/c1-25-22-18-17-20-23(25)19-15-13-11-9-7-5-3-2-4-6-8-10-12-14-16-21-24(26)27/h17-18,20,22H,2-16,19,21H2,1H3/p+1. The van der Waals surface area contributed by atoms with Gasteiger partial charge in [0.15, 0.2) is 11.9 Å². The summed E-state index contributed by atoms with van der Waals surface area (Å²) in [7, 11) is 2.14. The van der Waals surface area contributed by atoms with Crippen molar-refractivity contribution in [3.63, 3.8) is 0 Å². The van der Waals surface area contributed by atoms with Gasteiger partial charge < -0.3 is 5.11 Å². The number of pyridine rings is 1. The SMILES string of the molecule is C[n+]1ccccc1CCCCCCCCCCCCCCCCCC(=O)O. The van der Waals surface area contributed by atoms with Crippen LogP contribution in [-0.2, 0) is 18.3 Å². The van der Waals surface area contributed by atoms with Crippen LogP contribution in [0.4, 0.5) is 0 Å². The zero-order chi connectivity index (χ0) is 19.6. The average molecular weight is 377 g/mol. The molecule has 154 valence electrons. The van der Waals surface area contributed by atoms with Gasteiger partial charge >= 0.3 is 5.97 Å². The molecule has 1 rings (SSSR count). The lowest BCUT2D eigenvalue weighted by Crippen LogP contribution is -2.32. The Bertz CT molecular complexity index is 487. The average Bonchev–Trinajstić information content (AvgIpc) is 2.65. The van der Waals surface area contributed by atoms with Crippen LogP contribution in [-0.4, -0.2) is 11.1 Å². The number of aliphatic carboxylic acids is 1. The van der Waals surface area contributed by atoms with Crippen molar-refractivity contribution < 1.29 is 14.5 Å². The van der Waals surface area contributed by atoms with Gasteiger partial charge in [0.1, 0.15) is 7.05 Å². The van der Waals surface area contributed by atoms with E-state index in [0.29, 0.717) is 6.42 Å². The second-order valence-electron chi connectivity index (χ2n) is 8.00. The van der Waals surface area contributed by atoms with Crippen LogP contribution < -0.4 is 4.57 Å². The van der Waals surface area contributed by atoms with Gasteiger partial charge in [0.25, 0.3) is 0 Å². The summed E-state index contributed by atoms with van der Waals surface area (Å²) in [6, 6.07) is 6.46. The monoisotopic (exact) mass is 376 g/mol. The zero-order valence-corrected chi connectivity index (χ0v) is 17.6. The van der Waals surface area contributed by atoms with E-state index in [4.69, 9.17) is 5.11 Å². The predicted octanol–water partition coefficient (Wildman–Crippen LogP) is 6.38. The number of carboxylic acids is 1. The number of carboxylic acid groups (broad SMARTS) is 1. The number of hydrogen-bond donors (Lipinski definition) is 1. The molecule has 0 fully saturated rings. The lowest BCUT2D eigenvalue weighted by Gasteiger charge is -2.03. The van der Waals surface area contributed by atoms with E-state index in [1.165, 1.54) is 95.6 Å². The van der Waals surface area contributed by atoms with E-state index >= 15 is 0 Å². The van der Waals surface area contributed by atoms with E-state index in [-0.39, 0.29) is 0 Å². The molecule has 27 heavy (non-hydrogen) atoms. The van der Waals surface area contributed by atoms with E-state index in [1.807, 2.05) is 0 Å². The fourth-order valence-corrected chi connectivity index (χ4v) is 3.70. The first-order valence-electron chi connectivity index (χ1n) is 11.4. The third-order valence-electron chi connectivity index (χ3n) is 5.49. The van der Waals surface area contributed by atoms with Gasteiger partial charge in [-0.1, -0.05) is 89.5 Å². The molecule has 0 bridgehead atoms. The fraction of sp³-hybridized carbons (Fsp3) is 0.750. The van der Waals surface area contributed by atoms with Gasteiger partial charge in [0, 0.05) is 25.0 Å². The molecule has 1 aromatic heterocycles. The molecule has 1 N–H and O–H groups in total. The molecule has 0 spiro atoms. The van der Waals surface area contributed by atoms with Gasteiger partial charge in [0.05, 0.1) is 0 Å². The molecular formula is C24H42NO2+. The van der Waals surface area contributed by atoms with Crippen molar-refractivity contribution in [1.82, 2.24) is 0 Å². The quantitative estimate of drug-likeness (QED) is 0.238. The van der Waals surface area contributed by atoms with E-state index in [0.717, 1.165) is 12.8 Å². The minimum absolute atomic E-state index is 0.339. The summed E-state index contributed by atoms with van der Waals surface area (Å²) in [5, 5.41) is 8.58. The van der Waals surface area contributed by atoms with Crippen molar-refractivity contribution in [3.8, 4) is 0 Å². The first-order chi connectivity index (χ1) is 13.2. The molecule has 3 nitrogen and oxygen atoms in total. The van der Waals surface area contributed by atoms with Crippen molar-refractivity contribution in [2.75, 3.05) is 0 Å². The fourth-order valence-electron chi connectivity index (χ4n) is 3.70. The highest BCUT2D eigenvalue weighted by Gasteiger charge is 2.03. The zero-order valence-electron chi connectivity index (χ0n) is 17.6. The van der Waals surface area contributed by atoms with E-state index in [9.17, 15) is 4.79 Å². The van der Waals surface area contributed by atoms with E-state index in [2.05, 4.69) is 36.0 Å². The summed E-state index contributed by atoms with van der Waals surface area (Å²) in [5.74, 6) is -0.656. The molecular weight excluding hydrogens is 334 g/mol. The molecule has 0 radical (unpaired) electrons. The van der Waals surface area contributed by atoms with Crippen LogP contribution in [0.25, 0.3) is 0 Å². The van der Waals surface area contributed by atoms with Gasteiger partial charge in [-0.05, 0) is 12.8 Å². The Kier molecular flexibility index (Phi) is 14.7. The molecule has 0 aliphatic carbocycles. The summed E-state index contributed by atoms with van der Waals surface area (Å²) in [6.07, 6.45) is 23.2. The number of hydrogen-bond acceptors (Lipinski definition) is 1. The number of carbonyl (C=O) groups is 1. The second-order valence-corrected chi connectivity index (χ2v) is 8.00. The Hall–Kier alpha value is -1.38. The second kappa shape index (κ2) is 16.8. The molecule has 3 heteroatoms. The highest BCUT2D eigenvalue weighted by atomic mass is 16.4. The van der Waals surface area contributed by atoms with Gasteiger partial charge in [-0.2, -0.15) is 0 Å². The first-order valence-corrected chi connectivity index (χ1v) is 11.4. The highest BCUT2D eigenvalue weighted by molar-refractivity contribution is 5.66. The highest BCUT2D eigenvalue weighted by Crippen LogP contribution is 2.14. The number of unbranched alkanes of at least 4 members (excludes halogenated alkanes) is 14. The molecule has 0 amide bonds. The number of aromatic nitrogens is 1. The lowest BCUT2D eigenvalue weighted by molar-refractivity contribution is -0.679. The Morgan fingerprint density at radius 3 is 1.63 bits per heavy atom. The lowest BCUT2D eigenvalue weighted by atomic mass is 10.0. The Balaban J connectivity index is 1.74. The molecule has 1 aromatic rings. The topological polar surface area (TPSA) is 41.2 Å². The number of nitrogens with zero attached hydrogens (tertiary/aromatic N) is 1. The molecule has 0 aliphatic heterocycles. The van der Waals surface area contributed by atoms with Crippen molar-refractivity contribution in [2.24, 2.45) is 7.05 Å². The van der Waals surface area contributed by atoms with Crippen molar-refractivity contribution in [1.29, 1.82) is 0 Å². The largest absolute Gasteiger partial charge is 0.481 e. The van der Waals surface area contributed by atoms with Crippen LogP contribution in [0, 0.1) is 0 Å². The summed E-state index contributed by atoms with van der Waals surface area (Å²) in [5.41, 5.74) is 1.44. The predicted molar refractivity (Wildman–Crippen MR) is 113 cm³/mol. The minimum atomic E-state index is -0.656. The number of aryl methyl sites for hydroxylation is 2. The molecule has 0 unspecified atom stereocenters. The van der Waals surface area contributed by atoms with Crippen LogP contribution in [0.2, 0.25) is 0 Å². The molecule has 0 aromatic carbocycles. The third-order valence-corrected chi connectivity index (χ3v) is 5.49. The van der Waals surface area contributed by atoms with Gasteiger partial charge in [0.2, 0.25) is 0 Å². The Morgan fingerprint density at radius 1 is 0.741 bits per heavy atom. The molecule has 0 aliphatic rings. The van der Waals surface area contributed by atoms with Crippen LogP contribution >= 0.6 is 0 Å². The summed E-state index contributed by atoms with van der Waals surface area (Å²) in [6.45, 7) is 0. The van der Waals surface area contributed by atoms with Crippen LogP contribution in [0.1, 0.15) is 108 Å². The van der Waals surface area contributed by atoms with E-state index < -0.39 is 5.97 Å². The van der Waals surface area contributed by atoms with Crippen LogP contribution in [0.5, 0.6) is 0 Å². The van der Waals surface area contributed by atoms with Gasteiger partial charge in [-0.25, -0.2) is 4.57 Å². The summed E-state index contributed by atoms with van der Waals surface area (Å²) < 4.78 is 2.24. The summed E-state index contributed by atoms with van der Waals surface area (Å²) >= 11 is 0. The van der Waals surface area contributed by atoms with Gasteiger partial charge in [-0.3, -0.25) is 4.79 Å². The Labute approximate surface area is 167 Å². The van der Waals surface area contributed by atoms with Crippen LogP contribution in [0.15, 0.2) is 24.4 Å². The third kappa shape index (κ3) is 14.4. The van der Waals surface area contributed by atoms with Crippen molar-refractivity contribution in [3.05, 3.63) is 30.1 Å². The Morgan fingerprint density at radius 2 is 1.19 bits per heavy atom. The van der Waals surface area contributed by atoms with E-state index in [1.54, 1.807) is 0 Å². The first kappa shape index (κ1) is 23.7.